The number of Topliss-reactive ketones (excluding diaryl/α,β-unsaturated/α-hetero) is 1. The molecule has 8 atom stereocenters. The molecule has 0 amide bonds. The summed E-state index contributed by atoms with van der Waals surface area (Å²) in [7, 11) is 0. The van der Waals surface area contributed by atoms with E-state index in [0.29, 0.717) is 22.8 Å². The molecular weight excluding hydrogens is 380 g/mol. The van der Waals surface area contributed by atoms with Gasteiger partial charge in [-0.05, 0) is 84.9 Å². The first kappa shape index (κ1) is 23.1. The largest absolute Gasteiger partial charge is 0.515 e. The zero-order chi connectivity index (χ0) is 22.6. The number of rotatable bonds is 5. The summed E-state index contributed by atoms with van der Waals surface area (Å²) in [6.45, 7) is 14.4. The maximum absolute atomic E-state index is 12.7. The van der Waals surface area contributed by atoms with Crippen LogP contribution >= 0.6 is 0 Å². The highest BCUT2D eigenvalue weighted by molar-refractivity contribution is 5.98. The van der Waals surface area contributed by atoms with Crippen LogP contribution in [0.15, 0.2) is 23.5 Å². The number of aliphatic hydroxyl groups is 1. The molecule has 0 bridgehead atoms. The second kappa shape index (κ2) is 8.38. The third-order valence-corrected chi connectivity index (χ3v) is 10.6. The number of fused-ring (bicyclic) bond motifs is 5. The van der Waals surface area contributed by atoms with Crippen molar-refractivity contribution in [2.75, 3.05) is 0 Å². The summed E-state index contributed by atoms with van der Waals surface area (Å²) >= 11 is 0. The van der Waals surface area contributed by atoms with Crippen LogP contribution in [-0.4, -0.2) is 10.9 Å². The molecule has 1 unspecified atom stereocenters. The summed E-state index contributed by atoms with van der Waals surface area (Å²) in [4.78, 5) is 12.7. The van der Waals surface area contributed by atoms with Crippen molar-refractivity contribution < 1.29 is 9.90 Å². The van der Waals surface area contributed by atoms with Gasteiger partial charge in [-0.1, -0.05) is 72.5 Å². The Labute approximate surface area is 191 Å². The first-order valence-corrected chi connectivity index (χ1v) is 13.2. The first-order valence-electron chi connectivity index (χ1n) is 13.2. The molecule has 0 aromatic heterocycles. The summed E-state index contributed by atoms with van der Waals surface area (Å²) in [5.41, 5.74) is 2.98. The average Bonchev–Trinajstić information content (AvgIpc) is 3.07. The van der Waals surface area contributed by atoms with Gasteiger partial charge in [-0.2, -0.15) is 0 Å². The van der Waals surface area contributed by atoms with Crippen LogP contribution in [0.4, 0.5) is 0 Å². The SMILES string of the molecule is CC(C)CCC[C@@H](C)[C@H]1CC[C@H]2C3=CCC4[C@H](C)C(=O)/C(=C/O)C[C@]4(C)[C@H]3CC[C@]12C. The molecule has 2 heteroatoms. The van der Waals surface area contributed by atoms with Crippen LogP contribution in [0.5, 0.6) is 0 Å². The Morgan fingerprint density at radius 1 is 1.10 bits per heavy atom. The number of ketones is 1. The van der Waals surface area contributed by atoms with Crippen molar-refractivity contribution in [1.82, 2.24) is 0 Å². The fraction of sp³-hybridized carbons (Fsp3) is 0.828. The number of allylic oxidation sites excluding steroid dienone is 3. The quantitative estimate of drug-likeness (QED) is 0.275. The van der Waals surface area contributed by atoms with Gasteiger partial charge >= 0.3 is 0 Å². The molecule has 4 rings (SSSR count). The Bertz CT molecular complexity index is 761. The number of carbonyl (C=O) groups excluding carboxylic acids is 1. The summed E-state index contributed by atoms with van der Waals surface area (Å²) < 4.78 is 0. The standard InChI is InChI=1S/C29H46O2/c1-18(2)8-7-9-19(3)23-12-13-25-22-10-11-24-20(4)27(31)21(17-30)16-29(24,6)26(22)14-15-28(23,25)5/h10,17-20,23-26,30H,7-9,11-16H2,1-6H3/b21-17+/t19-,20+,23-,24?,25+,26+,28-,29+/m1/s1. The van der Waals surface area contributed by atoms with Crippen LogP contribution in [0.3, 0.4) is 0 Å². The molecular formula is C29H46O2. The van der Waals surface area contributed by atoms with Gasteiger partial charge in [-0.15, -0.1) is 0 Å². The molecule has 4 aliphatic carbocycles. The number of aliphatic hydroxyl groups excluding tert-OH is 1. The minimum Gasteiger partial charge on any atom is -0.515 e. The van der Waals surface area contributed by atoms with Crippen molar-refractivity contribution in [2.24, 2.45) is 52.3 Å². The average molecular weight is 427 g/mol. The van der Waals surface area contributed by atoms with Gasteiger partial charge < -0.3 is 5.11 Å². The summed E-state index contributed by atoms with van der Waals surface area (Å²) in [5, 5.41) is 9.77. The summed E-state index contributed by atoms with van der Waals surface area (Å²) in [6, 6.07) is 0. The minimum absolute atomic E-state index is 0.0283. The Morgan fingerprint density at radius 3 is 2.48 bits per heavy atom. The molecule has 0 saturated heterocycles. The van der Waals surface area contributed by atoms with Crippen molar-refractivity contribution in [3.63, 3.8) is 0 Å². The molecule has 0 radical (unpaired) electrons. The Balaban J connectivity index is 1.56. The Kier molecular flexibility index (Phi) is 6.25. The van der Waals surface area contributed by atoms with E-state index in [1.54, 1.807) is 5.57 Å². The second-order valence-electron chi connectivity index (χ2n) is 12.7. The highest BCUT2D eigenvalue weighted by Gasteiger charge is 2.59. The molecule has 0 aromatic carbocycles. The molecule has 31 heavy (non-hydrogen) atoms. The highest BCUT2D eigenvalue weighted by atomic mass is 16.2. The van der Waals surface area contributed by atoms with Crippen LogP contribution in [0.25, 0.3) is 0 Å². The lowest BCUT2D eigenvalue weighted by Gasteiger charge is -2.58. The first-order chi connectivity index (χ1) is 14.6. The van der Waals surface area contributed by atoms with Crippen LogP contribution in [-0.2, 0) is 4.79 Å². The third-order valence-electron chi connectivity index (χ3n) is 10.6. The van der Waals surface area contributed by atoms with Gasteiger partial charge in [0.2, 0.25) is 0 Å². The lowest BCUT2D eigenvalue weighted by molar-refractivity contribution is -0.128. The lowest BCUT2D eigenvalue weighted by atomic mass is 9.46. The van der Waals surface area contributed by atoms with Crippen molar-refractivity contribution in [3.8, 4) is 0 Å². The van der Waals surface area contributed by atoms with E-state index < -0.39 is 0 Å². The fourth-order valence-corrected chi connectivity index (χ4v) is 8.92. The van der Waals surface area contributed by atoms with Crippen molar-refractivity contribution in [3.05, 3.63) is 23.5 Å². The van der Waals surface area contributed by atoms with E-state index in [1.165, 1.54) is 44.9 Å². The van der Waals surface area contributed by atoms with Gasteiger partial charge in [0.05, 0.1) is 6.26 Å². The zero-order valence-electron chi connectivity index (χ0n) is 20.9. The van der Waals surface area contributed by atoms with Crippen LogP contribution in [0, 0.1) is 52.3 Å². The molecule has 0 spiro atoms. The molecule has 1 N–H and O–H groups in total. The Hall–Kier alpha value is -1.05. The number of hydrogen-bond acceptors (Lipinski definition) is 2. The van der Waals surface area contributed by atoms with Crippen molar-refractivity contribution in [1.29, 1.82) is 0 Å². The zero-order valence-corrected chi connectivity index (χ0v) is 20.9. The van der Waals surface area contributed by atoms with Gasteiger partial charge in [0.1, 0.15) is 0 Å². The molecule has 0 heterocycles. The van der Waals surface area contributed by atoms with Crippen LogP contribution < -0.4 is 0 Å². The Morgan fingerprint density at radius 2 is 1.81 bits per heavy atom. The minimum atomic E-state index is 0.0283. The van der Waals surface area contributed by atoms with Gasteiger partial charge in [0.15, 0.2) is 5.78 Å². The van der Waals surface area contributed by atoms with E-state index in [0.717, 1.165) is 42.8 Å². The molecule has 0 aromatic rings. The van der Waals surface area contributed by atoms with Gasteiger partial charge in [0, 0.05) is 11.5 Å². The lowest BCUT2D eigenvalue weighted by Crippen LogP contribution is -2.52. The predicted molar refractivity (Wildman–Crippen MR) is 129 cm³/mol. The van der Waals surface area contributed by atoms with E-state index in [-0.39, 0.29) is 17.1 Å². The van der Waals surface area contributed by atoms with Crippen molar-refractivity contribution >= 4 is 5.78 Å². The van der Waals surface area contributed by atoms with Crippen LogP contribution in [0.2, 0.25) is 0 Å². The van der Waals surface area contributed by atoms with E-state index in [1.807, 2.05) is 0 Å². The summed E-state index contributed by atoms with van der Waals surface area (Å²) in [5.74, 6) is 4.46. The predicted octanol–water partition coefficient (Wildman–Crippen LogP) is 7.89. The maximum Gasteiger partial charge on any atom is 0.165 e. The molecule has 3 saturated carbocycles. The normalized spacial score (nSPS) is 44.6. The number of carbonyl (C=O) groups is 1. The van der Waals surface area contributed by atoms with Gasteiger partial charge in [-0.25, -0.2) is 0 Å². The molecule has 174 valence electrons. The second-order valence-corrected chi connectivity index (χ2v) is 12.7. The number of hydrogen-bond donors (Lipinski definition) is 1. The van der Waals surface area contributed by atoms with E-state index >= 15 is 0 Å². The summed E-state index contributed by atoms with van der Waals surface area (Å²) in [6.07, 6.45) is 15.0. The molecule has 3 fully saturated rings. The van der Waals surface area contributed by atoms with Crippen molar-refractivity contribution in [2.45, 2.75) is 99.3 Å². The molecule has 4 aliphatic rings. The van der Waals surface area contributed by atoms with Gasteiger partial charge in [-0.3, -0.25) is 4.79 Å². The van der Waals surface area contributed by atoms with Crippen LogP contribution in [0.1, 0.15) is 99.3 Å². The third kappa shape index (κ3) is 3.65. The van der Waals surface area contributed by atoms with E-state index in [2.05, 4.69) is 47.6 Å². The smallest absolute Gasteiger partial charge is 0.165 e. The molecule has 0 aliphatic heterocycles. The maximum atomic E-state index is 12.7. The van der Waals surface area contributed by atoms with E-state index in [4.69, 9.17) is 0 Å². The fourth-order valence-electron chi connectivity index (χ4n) is 8.92. The topological polar surface area (TPSA) is 37.3 Å². The highest BCUT2D eigenvalue weighted by Crippen LogP contribution is 2.67. The van der Waals surface area contributed by atoms with Gasteiger partial charge in [0.25, 0.3) is 0 Å². The monoisotopic (exact) mass is 426 g/mol. The van der Waals surface area contributed by atoms with E-state index in [9.17, 15) is 9.90 Å². The molecule has 2 nitrogen and oxygen atoms in total.